The number of thioether (sulfide) groups is 1. The summed E-state index contributed by atoms with van der Waals surface area (Å²) in [5.74, 6) is -0.725. The summed E-state index contributed by atoms with van der Waals surface area (Å²) in [5, 5.41) is 3.31. The van der Waals surface area contributed by atoms with E-state index in [-0.39, 0.29) is 23.3 Å². The Balaban J connectivity index is 1.73. The maximum absolute atomic E-state index is 14.1. The Labute approximate surface area is 186 Å². The van der Waals surface area contributed by atoms with Gasteiger partial charge in [-0.2, -0.15) is 0 Å². The van der Waals surface area contributed by atoms with Gasteiger partial charge in [-0.25, -0.2) is 9.38 Å². The number of carbonyl (C=O) groups excluding carboxylic acids is 2. The number of rotatable bonds is 9. The Bertz CT molecular complexity index is 976. The van der Waals surface area contributed by atoms with Crippen LogP contribution < -0.4 is 10.2 Å². The summed E-state index contributed by atoms with van der Waals surface area (Å²) < 4.78 is 14.1. The zero-order valence-electron chi connectivity index (χ0n) is 17.5. The van der Waals surface area contributed by atoms with Crippen LogP contribution in [0.15, 0.2) is 65.3 Å². The summed E-state index contributed by atoms with van der Waals surface area (Å²) in [5.41, 5.74) is 1.07. The molecule has 162 valence electrons. The number of carbonyl (C=O) groups is 2. The Kier molecular flexibility index (Phi) is 8.41. The zero-order chi connectivity index (χ0) is 22.1. The molecule has 0 aromatic heterocycles. The Morgan fingerprint density at radius 1 is 1.10 bits per heavy atom. The van der Waals surface area contributed by atoms with Gasteiger partial charge in [0, 0.05) is 12.1 Å². The van der Waals surface area contributed by atoms with Crippen molar-refractivity contribution >= 4 is 40.5 Å². The predicted molar refractivity (Wildman–Crippen MR) is 125 cm³/mol. The molecule has 0 atom stereocenters. The topological polar surface area (TPSA) is 61.8 Å². The lowest BCUT2D eigenvalue weighted by Gasteiger charge is -2.17. The lowest BCUT2D eigenvalue weighted by molar-refractivity contribution is -0.118. The number of nitrogens with zero attached hydrogens (tertiary/aromatic N) is 2. The quantitative estimate of drug-likeness (QED) is 0.442. The van der Waals surface area contributed by atoms with Crippen LogP contribution in [0.25, 0.3) is 6.08 Å². The van der Waals surface area contributed by atoms with Gasteiger partial charge in [0.25, 0.3) is 5.91 Å². The van der Waals surface area contributed by atoms with Gasteiger partial charge >= 0.3 is 0 Å². The van der Waals surface area contributed by atoms with Gasteiger partial charge in [-0.3, -0.25) is 14.5 Å². The molecule has 1 N–H and O–H groups in total. The van der Waals surface area contributed by atoms with Crippen molar-refractivity contribution in [3.05, 3.63) is 71.7 Å². The molecule has 5 nitrogen and oxygen atoms in total. The summed E-state index contributed by atoms with van der Waals surface area (Å²) >= 11 is 1.19. The molecular weight excluding hydrogens is 413 g/mol. The van der Waals surface area contributed by atoms with E-state index in [0.717, 1.165) is 25.7 Å². The van der Waals surface area contributed by atoms with Crippen molar-refractivity contribution in [1.29, 1.82) is 0 Å². The average Bonchev–Trinajstić information content (AvgIpc) is 3.09. The van der Waals surface area contributed by atoms with Gasteiger partial charge in [0.1, 0.15) is 11.5 Å². The highest BCUT2D eigenvalue weighted by molar-refractivity contribution is 8.14. The van der Waals surface area contributed by atoms with Gasteiger partial charge in [0.05, 0.1) is 11.4 Å². The van der Waals surface area contributed by atoms with Crippen molar-refractivity contribution < 1.29 is 14.0 Å². The largest absolute Gasteiger partial charge is 0.355 e. The number of amidine groups is 1. The summed E-state index contributed by atoms with van der Waals surface area (Å²) in [6.45, 7) is 2.79. The standard InChI is InChI=1S/C24H26FN3O2S/c1-2-3-4-10-15-26-22(29)17-31-24-27-21(16-18-11-8-9-14-20(18)25)23(30)28(24)19-12-6-5-7-13-19/h5-9,11-14,16H,2-4,10,15,17H2,1H3,(H,26,29)/b21-16+. The van der Waals surface area contributed by atoms with E-state index in [9.17, 15) is 14.0 Å². The van der Waals surface area contributed by atoms with Crippen molar-refractivity contribution in [1.82, 2.24) is 5.32 Å². The van der Waals surface area contributed by atoms with Crippen LogP contribution in [0.4, 0.5) is 10.1 Å². The SMILES string of the molecule is CCCCCCNC(=O)CSC1=N/C(=C/c2ccccc2F)C(=O)N1c1ccccc1. The van der Waals surface area contributed by atoms with Crippen LogP contribution in [0.5, 0.6) is 0 Å². The van der Waals surface area contributed by atoms with Crippen LogP contribution in [-0.4, -0.2) is 29.3 Å². The van der Waals surface area contributed by atoms with E-state index >= 15 is 0 Å². The van der Waals surface area contributed by atoms with E-state index < -0.39 is 5.82 Å². The highest BCUT2D eigenvalue weighted by atomic mass is 32.2. The van der Waals surface area contributed by atoms with E-state index in [1.54, 1.807) is 30.3 Å². The molecule has 2 aromatic rings. The van der Waals surface area contributed by atoms with Crippen LogP contribution in [0, 0.1) is 5.82 Å². The minimum atomic E-state index is -0.423. The molecule has 0 saturated heterocycles. The van der Waals surface area contributed by atoms with Gasteiger partial charge in [0.15, 0.2) is 5.17 Å². The van der Waals surface area contributed by atoms with Gasteiger partial charge in [-0.1, -0.05) is 74.3 Å². The summed E-state index contributed by atoms with van der Waals surface area (Å²) in [7, 11) is 0. The third kappa shape index (κ3) is 6.28. The minimum Gasteiger partial charge on any atom is -0.355 e. The highest BCUT2D eigenvalue weighted by Crippen LogP contribution is 2.29. The molecule has 1 aliphatic heterocycles. The number of para-hydroxylation sites is 1. The summed E-state index contributed by atoms with van der Waals surface area (Å²) in [4.78, 5) is 31.2. The van der Waals surface area contributed by atoms with Crippen molar-refractivity contribution in [3.63, 3.8) is 0 Å². The van der Waals surface area contributed by atoms with Gasteiger partial charge in [-0.05, 0) is 30.7 Å². The number of hydrogen-bond donors (Lipinski definition) is 1. The molecule has 1 aliphatic rings. The number of benzene rings is 2. The molecular formula is C24H26FN3O2S. The number of amides is 2. The first-order valence-corrected chi connectivity index (χ1v) is 11.4. The van der Waals surface area contributed by atoms with E-state index in [4.69, 9.17) is 0 Å². The number of anilines is 1. The van der Waals surface area contributed by atoms with Gasteiger partial charge < -0.3 is 5.32 Å². The lowest BCUT2D eigenvalue weighted by atomic mass is 10.1. The number of nitrogens with one attached hydrogen (secondary N) is 1. The predicted octanol–water partition coefficient (Wildman–Crippen LogP) is 5.00. The third-order valence-corrected chi connectivity index (χ3v) is 5.66. The fourth-order valence-electron chi connectivity index (χ4n) is 3.10. The second-order valence-electron chi connectivity index (χ2n) is 7.12. The molecule has 7 heteroatoms. The summed E-state index contributed by atoms with van der Waals surface area (Å²) in [6, 6.07) is 15.3. The van der Waals surface area contributed by atoms with Crippen molar-refractivity contribution in [2.24, 2.45) is 4.99 Å². The van der Waals surface area contributed by atoms with E-state index in [2.05, 4.69) is 17.2 Å². The molecule has 0 radical (unpaired) electrons. The van der Waals surface area contributed by atoms with Crippen LogP contribution >= 0.6 is 11.8 Å². The normalized spacial score (nSPS) is 14.8. The molecule has 0 unspecified atom stereocenters. The fourth-order valence-corrected chi connectivity index (χ4v) is 3.94. The molecule has 1 heterocycles. The number of hydrogen-bond acceptors (Lipinski definition) is 4. The van der Waals surface area contributed by atoms with Crippen molar-refractivity contribution in [2.75, 3.05) is 17.2 Å². The molecule has 0 fully saturated rings. The Hall–Kier alpha value is -2.93. The molecule has 0 saturated carbocycles. The first-order chi connectivity index (χ1) is 15.1. The van der Waals surface area contributed by atoms with Gasteiger partial charge in [-0.15, -0.1) is 0 Å². The van der Waals surface area contributed by atoms with Crippen LogP contribution in [-0.2, 0) is 9.59 Å². The number of aliphatic imine (C=N–C) groups is 1. The van der Waals surface area contributed by atoms with Crippen LogP contribution in [0.2, 0.25) is 0 Å². The first kappa shape index (κ1) is 22.7. The second-order valence-corrected chi connectivity index (χ2v) is 8.06. The number of halogens is 1. The van der Waals surface area contributed by atoms with Crippen molar-refractivity contribution in [3.8, 4) is 0 Å². The molecule has 31 heavy (non-hydrogen) atoms. The second kappa shape index (κ2) is 11.5. The monoisotopic (exact) mass is 439 g/mol. The molecule has 2 amide bonds. The molecule has 0 aliphatic carbocycles. The average molecular weight is 440 g/mol. The maximum atomic E-state index is 14.1. The lowest BCUT2D eigenvalue weighted by Crippen LogP contribution is -2.32. The zero-order valence-corrected chi connectivity index (χ0v) is 18.3. The van der Waals surface area contributed by atoms with Crippen LogP contribution in [0.3, 0.4) is 0 Å². The fraction of sp³-hybridized carbons (Fsp3) is 0.292. The Morgan fingerprint density at radius 3 is 2.58 bits per heavy atom. The van der Waals surface area contributed by atoms with E-state index in [1.807, 2.05) is 18.2 Å². The van der Waals surface area contributed by atoms with E-state index in [0.29, 0.717) is 23.0 Å². The minimum absolute atomic E-state index is 0.101. The van der Waals surface area contributed by atoms with Gasteiger partial charge in [0.2, 0.25) is 5.91 Å². The maximum Gasteiger partial charge on any atom is 0.283 e. The molecule has 2 aromatic carbocycles. The molecule has 0 spiro atoms. The molecule has 0 bridgehead atoms. The third-order valence-electron chi connectivity index (χ3n) is 4.73. The van der Waals surface area contributed by atoms with E-state index in [1.165, 1.54) is 28.8 Å². The smallest absolute Gasteiger partial charge is 0.283 e. The Morgan fingerprint density at radius 2 is 1.84 bits per heavy atom. The summed E-state index contributed by atoms with van der Waals surface area (Å²) in [6.07, 6.45) is 5.80. The van der Waals surface area contributed by atoms with Crippen molar-refractivity contribution in [2.45, 2.75) is 32.6 Å². The first-order valence-electron chi connectivity index (χ1n) is 10.4. The number of unbranched alkanes of at least 4 members (excludes halogenated alkanes) is 3. The highest BCUT2D eigenvalue weighted by Gasteiger charge is 2.32. The molecule has 3 rings (SSSR count). The van der Waals surface area contributed by atoms with Crippen LogP contribution in [0.1, 0.15) is 38.2 Å².